The number of aromatic nitrogens is 4. The van der Waals surface area contributed by atoms with Gasteiger partial charge in [-0.05, 0) is 44.2 Å². The van der Waals surface area contributed by atoms with Crippen molar-refractivity contribution >= 4 is 69.1 Å². The van der Waals surface area contributed by atoms with Gasteiger partial charge in [0.25, 0.3) is 0 Å². The van der Waals surface area contributed by atoms with Crippen LogP contribution in [0.25, 0.3) is 11.0 Å². The largest absolute Gasteiger partial charge is 0.367 e. The molecule has 232 valence electrons. The van der Waals surface area contributed by atoms with Gasteiger partial charge in [0.15, 0.2) is 17.5 Å². The fourth-order valence-electron chi connectivity index (χ4n) is 5.89. The summed E-state index contributed by atoms with van der Waals surface area (Å²) in [6.45, 7) is 5.42. The Kier molecular flexibility index (Phi) is 9.17. The third kappa shape index (κ3) is 6.46. The molecule has 0 spiro atoms. The molecule has 2 aliphatic heterocycles. The fraction of sp³-hybridized carbons (Fsp3) is 0.400. The molecule has 0 atom stereocenters. The van der Waals surface area contributed by atoms with Crippen molar-refractivity contribution in [3.63, 3.8) is 0 Å². The number of nitrogens with zero attached hydrogens (tertiary/aromatic N) is 8. The van der Waals surface area contributed by atoms with Gasteiger partial charge in [-0.15, -0.1) is 0 Å². The molecule has 2 N–H and O–H groups in total. The Balaban J connectivity index is 1.17. The quantitative estimate of drug-likeness (QED) is 0.230. The average molecular weight is 641 g/mol. The second-order valence-corrected chi connectivity index (χ2v) is 12.4. The van der Waals surface area contributed by atoms with E-state index in [2.05, 4.69) is 47.4 Å². The monoisotopic (exact) mass is 640 g/mol. The normalized spacial score (nSPS) is 16.8. The number of anilines is 6. The number of halogens is 3. The second kappa shape index (κ2) is 13.2. The highest BCUT2D eigenvalue weighted by Crippen LogP contribution is 2.38. The standard InChI is InChI=1S/C30H35ClF2N10S/c1-40-12-14-42(15-13-40)20-6-10-43(11-7-20)27-22(32)16-19(17-23(27)33)37-30-36-18-21(31)29(39-30)38-25-5-4-24-26(35-9-8-34-24)28(25)41(2)44-3/h4-5,8-9,16-18,20H,6-7,10-15H2,1-3H3,(H2,36,37,38,39). The predicted octanol–water partition coefficient (Wildman–Crippen LogP) is 5.77. The highest BCUT2D eigenvalue weighted by atomic mass is 35.5. The summed E-state index contributed by atoms with van der Waals surface area (Å²) in [5, 5.41) is 6.48. The van der Waals surface area contributed by atoms with Crippen LogP contribution >= 0.6 is 23.5 Å². The van der Waals surface area contributed by atoms with Crippen LogP contribution in [0.4, 0.5) is 43.3 Å². The van der Waals surface area contributed by atoms with Gasteiger partial charge in [0.2, 0.25) is 5.95 Å². The van der Waals surface area contributed by atoms with Crippen molar-refractivity contribution in [1.29, 1.82) is 0 Å². The Morgan fingerprint density at radius 2 is 1.66 bits per heavy atom. The van der Waals surface area contributed by atoms with Gasteiger partial charge in [0.05, 0.1) is 23.1 Å². The van der Waals surface area contributed by atoms with Crippen molar-refractivity contribution in [2.45, 2.75) is 18.9 Å². The van der Waals surface area contributed by atoms with Crippen molar-refractivity contribution < 1.29 is 8.78 Å². The van der Waals surface area contributed by atoms with Gasteiger partial charge < -0.3 is 24.7 Å². The van der Waals surface area contributed by atoms with Gasteiger partial charge in [-0.3, -0.25) is 14.9 Å². The lowest BCUT2D eigenvalue weighted by atomic mass is 10.0. The summed E-state index contributed by atoms with van der Waals surface area (Å²) >= 11 is 7.98. The van der Waals surface area contributed by atoms with E-state index in [1.165, 1.54) is 30.3 Å². The van der Waals surface area contributed by atoms with Crippen LogP contribution in [0.5, 0.6) is 0 Å². The zero-order valence-corrected chi connectivity index (χ0v) is 26.5. The van der Waals surface area contributed by atoms with E-state index < -0.39 is 11.6 Å². The summed E-state index contributed by atoms with van der Waals surface area (Å²) in [5.41, 5.74) is 3.19. The van der Waals surface area contributed by atoms with E-state index in [-0.39, 0.29) is 22.3 Å². The highest BCUT2D eigenvalue weighted by Gasteiger charge is 2.29. The van der Waals surface area contributed by atoms with Crippen LogP contribution in [0.15, 0.2) is 42.9 Å². The molecule has 2 aliphatic rings. The zero-order valence-electron chi connectivity index (χ0n) is 24.9. The number of hydrogen-bond donors (Lipinski definition) is 2. The van der Waals surface area contributed by atoms with E-state index in [4.69, 9.17) is 11.6 Å². The molecule has 10 nitrogen and oxygen atoms in total. The summed E-state index contributed by atoms with van der Waals surface area (Å²) in [4.78, 5) is 24.3. The molecule has 4 aromatic rings. The van der Waals surface area contributed by atoms with Crippen LogP contribution in [0.2, 0.25) is 5.02 Å². The maximum atomic E-state index is 15.4. The summed E-state index contributed by atoms with van der Waals surface area (Å²) < 4.78 is 32.7. The van der Waals surface area contributed by atoms with Gasteiger partial charge in [0, 0.05) is 76.7 Å². The van der Waals surface area contributed by atoms with Crippen molar-refractivity contribution in [3.8, 4) is 0 Å². The van der Waals surface area contributed by atoms with Crippen LogP contribution in [-0.2, 0) is 0 Å². The summed E-state index contributed by atoms with van der Waals surface area (Å²) in [5.74, 6) is -0.791. The Morgan fingerprint density at radius 1 is 0.955 bits per heavy atom. The molecule has 2 aromatic heterocycles. The summed E-state index contributed by atoms with van der Waals surface area (Å²) in [7, 11) is 4.07. The van der Waals surface area contributed by atoms with Crippen molar-refractivity contribution in [3.05, 3.63) is 59.5 Å². The molecular weight excluding hydrogens is 606 g/mol. The number of rotatable bonds is 8. The third-order valence-electron chi connectivity index (χ3n) is 8.31. The van der Waals surface area contributed by atoms with E-state index in [0.717, 1.165) is 50.2 Å². The Bertz CT molecular complexity index is 1610. The maximum absolute atomic E-state index is 15.4. The predicted molar refractivity (Wildman–Crippen MR) is 176 cm³/mol. The lowest BCUT2D eigenvalue weighted by Crippen LogP contribution is -2.52. The first-order chi connectivity index (χ1) is 21.3. The van der Waals surface area contributed by atoms with Gasteiger partial charge in [-0.1, -0.05) is 23.5 Å². The summed E-state index contributed by atoms with van der Waals surface area (Å²) in [6, 6.07) is 6.75. The van der Waals surface area contributed by atoms with Gasteiger partial charge >= 0.3 is 0 Å². The number of likely N-dealkylation sites (N-methyl/N-ethyl adjacent to an activating group) is 1. The number of fused-ring (bicyclic) bond motifs is 1. The van der Waals surface area contributed by atoms with E-state index in [0.29, 0.717) is 36.2 Å². The molecular formula is C30H35ClF2N10S. The summed E-state index contributed by atoms with van der Waals surface area (Å²) in [6.07, 6.45) is 8.45. The number of hydrogen-bond acceptors (Lipinski definition) is 11. The van der Waals surface area contributed by atoms with Crippen molar-refractivity contribution in [2.75, 3.05) is 79.5 Å². The fourth-order valence-corrected chi connectivity index (χ4v) is 6.39. The molecule has 6 rings (SSSR count). The zero-order chi connectivity index (χ0) is 30.8. The first kappa shape index (κ1) is 30.5. The van der Waals surface area contributed by atoms with Gasteiger partial charge in [-0.25, -0.2) is 13.8 Å². The van der Waals surface area contributed by atoms with E-state index in [9.17, 15) is 0 Å². The molecule has 0 bridgehead atoms. The van der Waals surface area contributed by atoms with Gasteiger partial charge in [0.1, 0.15) is 16.2 Å². The topological polar surface area (TPSA) is 88.6 Å². The molecule has 44 heavy (non-hydrogen) atoms. The minimum absolute atomic E-state index is 0.0107. The molecule has 0 aliphatic carbocycles. The number of benzene rings is 2. The number of nitrogens with one attached hydrogen (secondary N) is 2. The number of piperidine rings is 1. The van der Waals surface area contributed by atoms with Crippen LogP contribution in [-0.4, -0.2) is 95.4 Å². The molecule has 14 heteroatoms. The van der Waals surface area contributed by atoms with Crippen LogP contribution in [0.1, 0.15) is 12.8 Å². The van der Waals surface area contributed by atoms with Crippen LogP contribution < -0.4 is 19.8 Å². The van der Waals surface area contributed by atoms with Crippen molar-refractivity contribution in [1.82, 2.24) is 29.7 Å². The lowest BCUT2D eigenvalue weighted by Gasteiger charge is -2.42. The molecule has 2 saturated heterocycles. The Hall–Kier alpha value is -3.52. The van der Waals surface area contributed by atoms with Crippen molar-refractivity contribution in [2.24, 2.45) is 0 Å². The Morgan fingerprint density at radius 3 is 2.36 bits per heavy atom. The molecule has 0 unspecified atom stereocenters. The molecule has 2 fully saturated rings. The first-order valence-corrected chi connectivity index (χ1v) is 16.1. The van der Waals surface area contributed by atoms with Crippen LogP contribution in [0, 0.1) is 11.6 Å². The minimum Gasteiger partial charge on any atom is -0.367 e. The van der Waals surface area contributed by atoms with Gasteiger partial charge in [-0.2, -0.15) is 4.98 Å². The Labute approximate surface area is 265 Å². The van der Waals surface area contributed by atoms with Crippen LogP contribution in [0.3, 0.4) is 0 Å². The smallest absolute Gasteiger partial charge is 0.229 e. The SMILES string of the molecule is CSN(C)c1c(Nc2nc(Nc3cc(F)c(N4CCC(N5CCN(C)CC5)CC4)c(F)c3)ncc2Cl)ccc2nccnc12. The number of piperazine rings is 1. The first-order valence-electron chi connectivity index (χ1n) is 14.6. The molecule has 0 amide bonds. The third-order valence-corrected chi connectivity index (χ3v) is 9.31. The second-order valence-electron chi connectivity index (χ2n) is 11.1. The van der Waals surface area contributed by atoms with E-state index >= 15 is 8.78 Å². The van der Waals surface area contributed by atoms with E-state index in [1.807, 2.05) is 34.6 Å². The minimum atomic E-state index is -0.625. The lowest BCUT2D eigenvalue weighted by molar-refractivity contribution is 0.0980. The van der Waals surface area contributed by atoms with E-state index in [1.54, 1.807) is 12.4 Å². The molecule has 2 aromatic carbocycles. The maximum Gasteiger partial charge on any atom is 0.229 e. The molecule has 0 saturated carbocycles. The molecule has 4 heterocycles. The average Bonchev–Trinajstić information content (AvgIpc) is 3.02. The molecule has 0 radical (unpaired) electrons. The highest BCUT2D eigenvalue weighted by molar-refractivity contribution is 7.99.